The molecule has 126 valence electrons. The lowest BCUT2D eigenvalue weighted by Gasteiger charge is -2.08. The van der Waals surface area contributed by atoms with Crippen LogP contribution in [0.3, 0.4) is 0 Å². The maximum Gasteiger partial charge on any atom is 0.343 e. The highest BCUT2D eigenvalue weighted by molar-refractivity contribution is 7.99. The van der Waals surface area contributed by atoms with Gasteiger partial charge in [0.1, 0.15) is 0 Å². The van der Waals surface area contributed by atoms with Crippen molar-refractivity contribution in [3.8, 4) is 0 Å². The Morgan fingerprint density at radius 3 is 2.83 bits per heavy atom. The fourth-order valence-electron chi connectivity index (χ4n) is 2.26. The van der Waals surface area contributed by atoms with E-state index >= 15 is 0 Å². The summed E-state index contributed by atoms with van der Waals surface area (Å²) in [5.41, 5.74) is 0.972. The molecule has 0 saturated heterocycles. The zero-order valence-electron chi connectivity index (χ0n) is 13.6. The molecule has 1 aromatic carbocycles. The molecule has 0 saturated carbocycles. The first-order chi connectivity index (χ1) is 11.7. The zero-order chi connectivity index (χ0) is 16.9. The van der Waals surface area contributed by atoms with Gasteiger partial charge in [0.05, 0.1) is 5.25 Å². The first-order valence-corrected chi connectivity index (χ1v) is 8.73. The summed E-state index contributed by atoms with van der Waals surface area (Å²) in [5.74, 6) is 1.22. The molecule has 0 spiro atoms. The van der Waals surface area contributed by atoms with Crippen LogP contribution in [0.1, 0.15) is 36.4 Å². The van der Waals surface area contributed by atoms with Crippen molar-refractivity contribution in [2.45, 2.75) is 43.6 Å². The molecule has 0 aliphatic carbocycles. The molecule has 0 aliphatic heterocycles. The van der Waals surface area contributed by atoms with Crippen molar-refractivity contribution < 1.29 is 4.52 Å². The minimum Gasteiger partial charge on any atom is -0.338 e. The maximum atomic E-state index is 12.0. The number of rotatable bonds is 7. The molecule has 2 aromatic heterocycles. The summed E-state index contributed by atoms with van der Waals surface area (Å²) in [6.07, 6.45) is 1.49. The number of benzene rings is 1. The molecule has 0 fully saturated rings. The van der Waals surface area contributed by atoms with Crippen LogP contribution in [0, 0.1) is 0 Å². The molecule has 8 heteroatoms. The van der Waals surface area contributed by atoms with Crippen molar-refractivity contribution in [3.05, 3.63) is 58.1 Å². The summed E-state index contributed by atoms with van der Waals surface area (Å²) in [6, 6.07) is 10.1. The lowest BCUT2D eigenvalue weighted by molar-refractivity contribution is 0.375. The second-order valence-electron chi connectivity index (χ2n) is 5.36. The van der Waals surface area contributed by atoms with Crippen molar-refractivity contribution >= 4 is 11.8 Å². The van der Waals surface area contributed by atoms with Gasteiger partial charge in [0, 0.05) is 13.0 Å². The van der Waals surface area contributed by atoms with Crippen LogP contribution in [0.15, 0.2) is 44.8 Å². The van der Waals surface area contributed by atoms with Gasteiger partial charge < -0.3 is 4.52 Å². The molecule has 1 N–H and O–H groups in total. The van der Waals surface area contributed by atoms with Crippen molar-refractivity contribution in [2.75, 3.05) is 0 Å². The summed E-state index contributed by atoms with van der Waals surface area (Å²) < 4.78 is 6.90. The normalized spacial score (nSPS) is 12.4. The molecule has 0 bridgehead atoms. The van der Waals surface area contributed by atoms with Crippen molar-refractivity contribution in [3.63, 3.8) is 0 Å². The van der Waals surface area contributed by atoms with E-state index in [0.29, 0.717) is 23.4 Å². The Labute approximate surface area is 143 Å². The fraction of sp³-hybridized carbons (Fsp3) is 0.375. The summed E-state index contributed by atoms with van der Waals surface area (Å²) in [4.78, 5) is 16.3. The Balaban J connectivity index is 1.71. The van der Waals surface area contributed by atoms with Gasteiger partial charge in [-0.15, -0.1) is 5.10 Å². The van der Waals surface area contributed by atoms with E-state index in [1.165, 1.54) is 17.3 Å². The highest BCUT2D eigenvalue weighted by atomic mass is 32.2. The molecule has 0 amide bonds. The molecule has 1 atom stereocenters. The lowest BCUT2D eigenvalue weighted by atomic mass is 10.1. The molecule has 2 heterocycles. The molecular formula is C16H19N5O2S. The van der Waals surface area contributed by atoms with E-state index in [9.17, 15) is 4.79 Å². The van der Waals surface area contributed by atoms with Gasteiger partial charge in [-0.3, -0.25) is 4.57 Å². The Morgan fingerprint density at radius 1 is 1.33 bits per heavy atom. The van der Waals surface area contributed by atoms with Gasteiger partial charge in [-0.1, -0.05) is 54.2 Å². The smallest absolute Gasteiger partial charge is 0.338 e. The van der Waals surface area contributed by atoms with Gasteiger partial charge in [-0.25, -0.2) is 9.89 Å². The number of nitrogens with one attached hydrogen (secondary N) is 1. The maximum absolute atomic E-state index is 12.0. The van der Waals surface area contributed by atoms with E-state index in [0.717, 1.165) is 12.8 Å². The number of hydrogen-bond acceptors (Lipinski definition) is 6. The summed E-state index contributed by atoms with van der Waals surface area (Å²) >= 11 is 1.43. The van der Waals surface area contributed by atoms with Gasteiger partial charge in [0.2, 0.25) is 5.89 Å². The third-order valence-corrected chi connectivity index (χ3v) is 4.70. The van der Waals surface area contributed by atoms with Gasteiger partial charge in [0.15, 0.2) is 11.0 Å². The van der Waals surface area contributed by atoms with Crippen LogP contribution in [0.5, 0.6) is 0 Å². The molecule has 0 aliphatic rings. The number of nitrogens with zero attached hydrogens (tertiary/aromatic N) is 4. The Hall–Kier alpha value is -2.35. The molecule has 7 nitrogen and oxygen atoms in total. The molecule has 3 aromatic rings. The molecule has 24 heavy (non-hydrogen) atoms. The van der Waals surface area contributed by atoms with Crippen LogP contribution in [-0.2, 0) is 19.4 Å². The van der Waals surface area contributed by atoms with Crippen molar-refractivity contribution in [2.24, 2.45) is 0 Å². The van der Waals surface area contributed by atoms with Gasteiger partial charge in [0.25, 0.3) is 0 Å². The minimum absolute atomic E-state index is 0.0801. The number of hydrogen-bond donors (Lipinski definition) is 1. The van der Waals surface area contributed by atoms with Crippen LogP contribution >= 0.6 is 11.8 Å². The van der Waals surface area contributed by atoms with Crippen LogP contribution in [0.25, 0.3) is 0 Å². The monoisotopic (exact) mass is 345 g/mol. The van der Waals surface area contributed by atoms with E-state index in [1.807, 2.05) is 44.2 Å². The van der Waals surface area contributed by atoms with Crippen molar-refractivity contribution in [1.29, 1.82) is 0 Å². The van der Waals surface area contributed by atoms with Crippen LogP contribution in [0.2, 0.25) is 0 Å². The largest absolute Gasteiger partial charge is 0.343 e. The standard InChI is InChI=1S/C16H19N5O2S/c1-3-13-17-14(23-20-13)11(2)24-16-19-18-15(22)21(16)10-9-12-7-5-4-6-8-12/h4-8,11H,3,9-10H2,1-2H3,(H,18,22). The molecule has 1 unspecified atom stereocenters. The first kappa shape index (κ1) is 16.5. The number of aryl methyl sites for hydroxylation is 2. The third kappa shape index (κ3) is 3.76. The topological polar surface area (TPSA) is 89.6 Å². The number of thioether (sulfide) groups is 1. The zero-order valence-corrected chi connectivity index (χ0v) is 14.4. The highest BCUT2D eigenvalue weighted by Crippen LogP contribution is 2.32. The quantitative estimate of drug-likeness (QED) is 0.662. The SMILES string of the molecule is CCc1noc(C(C)Sc2n[nH]c(=O)n2CCc2ccccc2)n1. The number of H-pyrrole nitrogens is 1. The van der Waals surface area contributed by atoms with E-state index in [-0.39, 0.29) is 10.9 Å². The predicted octanol–water partition coefficient (Wildman–Crippen LogP) is 2.61. The summed E-state index contributed by atoms with van der Waals surface area (Å²) in [7, 11) is 0. The van der Waals surface area contributed by atoms with Crippen LogP contribution < -0.4 is 5.69 Å². The number of aromatic amines is 1. The third-order valence-electron chi connectivity index (χ3n) is 3.62. The summed E-state index contributed by atoms with van der Waals surface area (Å²) in [6.45, 7) is 4.50. The second-order valence-corrected chi connectivity index (χ2v) is 6.67. The summed E-state index contributed by atoms with van der Waals surface area (Å²) in [5, 5.41) is 11.1. The Bertz CT molecular complexity index is 840. The number of aromatic nitrogens is 5. The Kier molecular flexibility index (Phi) is 5.14. The highest BCUT2D eigenvalue weighted by Gasteiger charge is 2.19. The van der Waals surface area contributed by atoms with Crippen molar-refractivity contribution in [1.82, 2.24) is 24.9 Å². The predicted molar refractivity (Wildman–Crippen MR) is 90.9 cm³/mol. The van der Waals surface area contributed by atoms with Crippen LogP contribution in [-0.4, -0.2) is 24.9 Å². The average Bonchev–Trinajstić information content (AvgIpc) is 3.21. The second kappa shape index (κ2) is 7.48. The fourth-order valence-corrected chi connectivity index (χ4v) is 3.17. The van der Waals surface area contributed by atoms with Gasteiger partial charge in [-0.05, 0) is 18.9 Å². The minimum atomic E-state index is -0.208. The van der Waals surface area contributed by atoms with E-state index in [4.69, 9.17) is 4.52 Å². The van der Waals surface area contributed by atoms with E-state index < -0.39 is 0 Å². The van der Waals surface area contributed by atoms with Crippen LogP contribution in [0.4, 0.5) is 0 Å². The molecule has 3 rings (SSSR count). The Morgan fingerprint density at radius 2 is 2.12 bits per heavy atom. The average molecular weight is 345 g/mol. The van der Waals surface area contributed by atoms with E-state index in [2.05, 4.69) is 20.3 Å². The first-order valence-electron chi connectivity index (χ1n) is 7.85. The van der Waals surface area contributed by atoms with Gasteiger partial charge >= 0.3 is 5.69 Å². The van der Waals surface area contributed by atoms with E-state index in [1.54, 1.807) is 4.57 Å². The molecule has 0 radical (unpaired) electrons. The van der Waals surface area contributed by atoms with Gasteiger partial charge in [-0.2, -0.15) is 4.98 Å². The lowest BCUT2D eigenvalue weighted by Crippen LogP contribution is -2.19. The molecular weight excluding hydrogens is 326 g/mol.